The van der Waals surface area contributed by atoms with Gasteiger partial charge in [-0.1, -0.05) is 19.1 Å². The normalized spacial score (nSPS) is 10.4. The van der Waals surface area contributed by atoms with Crippen molar-refractivity contribution in [2.75, 3.05) is 39.1 Å². The number of likely N-dealkylation sites (N-methyl/N-ethyl adjacent to an activating group) is 1. The highest BCUT2D eigenvalue weighted by molar-refractivity contribution is 5.55. The van der Waals surface area contributed by atoms with Crippen LogP contribution < -0.4 is 10.1 Å². The van der Waals surface area contributed by atoms with Crippen LogP contribution in [0, 0.1) is 0 Å². The summed E-state index contributed by atoms with van der Waals surface area (Å²) in [7, 11) is 3.99. The van der Waals surface area contributed by atoms with Crippen LogP contribution in [0.15, 0.2) is 24.3 Å². The Morgan fingerprint density at radius 3 is 2.73 bits per heavy atom. The third-order valence-electron chi connectivity index (χ3n) is 2.43. The molecule has 0 aliphatic carbocycles. The Morgan fingerprint density at radius 2 is 2.07 bits per heavy atom. The zero-order chi connectivity index (χ0) is 11.1. The van der Waals surface area contributed by atoms with Gasteiger partial charge < -0.3 is 15.0 Å². The lowest BCUT2D eigenvalue weighted by atomic mass is 10.3. The first-order valence-electron chi connectivity index (χ1n) is 5.36. The van der Waals surface area contributed by atoms with Gasteiger partial charge in [0.25, 0.3) is 0 Å². The average Bonchev–Trinajstić information content (AvgIpc) is 2.29. The van der Waals surface area contributed by atoms with Crippen LogP contribution in [-0.2, 0) is 0 Å². The molecule has 3 heteroatoms. The number of nitrogens with one attached hydrogen (secondary N) is 1. The van der Waals surface area contributed by atoms with Crippen LogP contribution in [0.4, 0.5) is 5.69 Å². The summed E-state index contributed by atoms with van der Waals surface area (Å²) < 4.78 is 5.70. The fourth-order valence-electron chi connectivity index (χ4n) is 1.27. The van der Waals surface area contributed by atoms with E-state index < -0.39 is 0 Å². The van der Waals surface area contributed by atoms with Gasteiger partial charge in [-0.25, -0.2) is 0 Å². The molecule has 0 saturated heterocycles. The minimum atomic E-state index is 0.725. The largest absolute Gasteiger partial charge is 0.490 e. The van der Waals surface area contributed by atoms with Gasteiger partial charge in [-0.15, -0.1) is 0 Å². The van der Waals surface area contributed by atoms with Gasteiger partial charge in [0.1, 0.15) is 12.4 Å². The zero-order valence-corrected chi connectivity index (χ0v) is 9.79. The van der Waals surface area contributed by atoms with Gasteiger partial charge in [0.2, 0.25) is 0 Å². The Kier molecular flexibility index (Phi) is 4.98. The highest BCUT2D eigenvalue weighted by Gasteiger charge is 2.00. The van der Waals surface area contributed by atoms with Crippen molar-refractivity contribution in [1.82, 2.24) is 4.90 Å². The Hall–Kier alpha value is -1.22. The number of ether oxygens (including phenoxy) is 1. The first-order valence-corrected chi connectivity index (χ1v) is 5.36. The second kappa shape index (κ2) is 6.30. The highest BCUT2D eigenvalue weighted by Crippen LogP contribution is 2.22. The molecule has 0 fully saturated rings. The lowest BCUT2D eigenvalue weighted by molar-refractivity contribution is 0.244. The quantitative estimate of drug-likeness (QED) is 0.774. The van der Waals surface area contributed by atoms with Gasteiger partial charge in [0, 0.05) is 13.6 Å². The van der Waals surface area contributed by atoms with E-state index >= 15 is 0 Å². The molecule has 0 spiro atoms. The molecule has 3 nitrogen and oxygen atoms in total. The maximum Gasteiger partial charge on any atom is 0.142 e. The van der Waals surface area contributed by atoms with Gasteiger partial charge in [0.05, 0.1) is 5.69 Å². The van der Waals surface area contributed by atoms with Crippen molar-refractivity contribution in [1.29, 1.82) is 0 Å². The predicted octanol–water partition coefficient (Wildman–Crippen LogP) is 2.06. The maximum absolute atomic E-state index is 5.70. The minimum Gasteiger partial charge on any atom is -0.490 e. The van der Waals surface area contributed by atoms with Crippen molar-refractivity contribution in [3.8, 4) is 5.75 Å². The summed E-state index contributed by atoms with van der Waals surface area (Å²) in [6.45, 7) is 4.87. The molecule has 0 atom stereocenters. The highest BCUT2D eigenvalue weighted by atomic mass is 16.5. The number of benzene rings is 1. The second-order valence-electron chi connectivity index (χ2n) is 3.49. The number of para-hydroxylation sites is 2. The molecule has 84 valence electrons. The van der Waals surface area contributed by atoms with E-state index in [1.165, 1.54) is 0 Å². The Labute approximate surface area is 92.0 Å². The molecule has 0 aliphatic heterocycles. The average molecular weight is 208 g/mol. The summed E-state index contributed by atoms with van der Waals surface area (Å²) in [5.41, 5.74) is 1.04. The summed E-state index contributed by atoms with van der Waals surface area (Å²) in [5.74, 6) is 0.921. The van der Waals surface area contributed by atoms with Crippen LogP contribution in [0.1, 0.15) is 6.92 Å². The van der Waals surface area contributed by atoms with Crippen molar-refractivity contribution in [2.24, 2.45) is 0 Å². The van der Waals surface area contributed by atoms with Crippen LogP contribution in [0.25, 0.3) is 0 Å². The fraction of sp³-hybridized carbons (Fsp3) is 0.500. The molecule has 0 bridgehead atoms. The van der Waals surface area contributed by atoms with Crippen LogP contribution >= 0.6 is 0 Å². The molecule has 0 aliphatic rings. The number of hydrogen-bond donors (Lipinski definition) is 1. The van der Waals surface area contributed by atoms with E-state index in [1.807, 2.05) is 31.3 Å². The molecule has 0 unspecified atom stereocenters. The summed E-state index contributed by atoms with van der Waals surface area (Å²) in [4.78, 5) is 2.22. The van der Waals surface area contributed by atoms with Gasteiger partial charge >= 0.3 is 0 Å². The van der Waals surface area contributed by atoms with Gasteiger partial charge in [-0.05, 0) is 25.7 Å². The number of nitrogens with zero attached hydrogens (tertiary/aromatic N) is 1. The van der Waals surface area contributed by atoms with Gasteiger partial charge in [-0.2, -0.15) is 0 Å². The van der Waals surface area contributed by atoms with Crippen molar-refractivity contribution in [3.05, 3.63) is 24.3 Å². The monoisotopic (exact) mass is 208 g/mol. The summed E-state index contributed by atoms with van der Waals surface area (Å²) in [5, 5.41) is 3.11. The number of anilines is 1. The third-order valence-corrected chi connectivity index (χ3v) is 2.43. The number of hydrogen-bond acceptors (Lipinski definition) is 3. The predicted molar refractivity (Wildman–Crippen MR) is 64.7 cm³/mol. The fourth-order valence-corrected chi connectivity index (χ4v) is 1.27. The van der Waals surface area contributed by atoms with E-state index in [0.717, 1.165) is 31.1 Å². The Morgan fingerprint density at radius 1 is 1.33 bits per heavy atom. The Balaban J connectivity index is 2.43. The van der Waals surface area contributed by atoms with E-state index in [0.29, 0.717) is 0 Å². The molecular formula is C12H20N2O. The molecule has 1 aromatic carbocycles. The lowest BCUT2D eigenvalue weighted by Gasteiger charge is -2.15. The Bertz CT molecular complexity index is 289. The second-order valence-corrected chi connectivity index (χ2v) is 3.49. The zero-order valence-electron chi connectivity index (χ0n) is 9.79. The van der Waals surface area contributed by atoms with Crippen molar-refractivity contribution in [3.63, 3.8) is 0 Å². The number of rotatable bonds is 6. The van der Waals surface area contributed by atoms with Crippen molar-refractivity contribution >= 4 is 5.69 Å². The smallest absolute Gasteiger partial charge is 0.142 e. The minimum absolute atomic E-state index is 0.725. The molecular weight excluding hydrogens is 188 g/mol. The van der Waals surface area contributed by atoms with Gasteiger partial charge in [0.15, 0.2) is 0 Å². The molecule has 1 rings (SSSR count). The molecule has 0 aromatic heterocycles. The summed E-state index contributed by atoms with van der Waals surface area (Å²) >= 11 is 0. The van der Waals surface area contributed by atoms with Crippen LogP contribution in [0.3, 0.4) is 0 Å². The van der Waals surface area contributed by atoms with Crippen LogP contribution in [0.5, 0.6) is 5.75 Å². The van der Waals surface area contributed by atoms with E-state index in [1.54, 1.807) is 0 Å². The topological polar surface area (TPSA) is 24.5 Å². The van der Waals surface area contributed by atoms with Gasteiger partial charge in [-0.3, -0.25) is 0 Å². The van der Waals surface area contributed by atoms with E-state index in [4.69, 9.17) is 4.74 Å². The molecule has 0 amide bonds. The molecule has 0 radical (unpaired) electrons. The molecule has 0 saturated carbocycles. The van der Waals surface area contributed by atoms with E-state index in [9.17, 15) is 0 Å². The molecule has 0 heterocycles. The van der Waals surface area contributed by atoms with Crippen LogP contribution in [-0.4, -0.2) is 38.7 Å². The molecule has 15 heavy (non-hydrogen) atoms. The third kappa shape index (κ3) is 3.80. The lowest BCUT2D eigenvalue weighted by Crippen LogP contribution is -2.23. The van der Waals surface area contributed by atoms with Crippen molar-refractivity contribution in [2.45, 2.75) is 6.92 Å². The SMILES string of the molecule is CCN(C)CCOc1ccccc1NC. The molecule has 1 N–H and O–H groups in total. The van der Waals surface area contributed by atoms with E-state index in [-0.39, 0.29) is 0 Å². The summed E-state index contributed by atoms with van der Waals surface area (Å²) in [6.07, 6.45) is 0. The van der Waals surface area contributed by atoms with E-state index in [2.05, 4.69) is 24.2 Å². The standard InChI is InChI=1S/C12H20N2O/c1-4-14(3)9-10-15-12-8-6-5-7-11(12)13-2/h5-8,13H,4,9-10H2,1-3H3. The van der Waals surface area contributed by atoms with Crippen molar-refractivity contribution < 1.29 is 4.74 Å². The molecule has 1 aromatic rings. The first kappa shape index (κ1) is 11.9. The summed E-state index contributed by atoms with van der Waals surface area (Å²) in [6, 6.07) is 7.98. The van der Waals surface area contributed by atoms with Crippen LogP contribution in [0.2, 0.25) is 0 Å². The first-order chi connectivity index (χ1) is 7.27. The maximum atomic E-state index is 5.70.